The molecule has 22 heavy (non-hydrogen) atoms. The number of aryl methyl sites for hydroxylation is 1. The normalized spacial score (nSPS) is 19.6. The molecule has 2 heterocycles. The highest BCUT2D eigenvalue weighted by atomic mass is 16.3. The summed E-state index contributed by atoms with van der Waals surface area (Å²) in [5.74, 6) is -0.854. The summed E-state index contributed by atoms with van der Waals surface area (Å²) >= 11 is 0. The Labute approximate surface area is 128 Å². The van der Waals surface area contributed by atoms with Crippen molar-refractivity contribution >= 4 is 17.4 Å². The fraction of sp³-hybridized carbons (Fsp3) is 0.235. The third kappa shape index (κ3) is 2.29. The molecular weight excluding hydrogens is 280 g/mol. The van der Waals surface area contributed by atoms with E-state index >= 15 is 0 Å². The van der Waals surface area contributed by atoms with Gasteiger partial charge in [0.15, 0.2) is 11.4 Å². The van der Waals surface area contributed by atoms with Gasteiger partial charge in [-0.3, -0.25) is 14.6 Å². The number of nitrogens with one attached hydrogen (secondary N) is 1. The van der Waals surface area contributed by atoms with E-state index in [9.17, 15) is 14.7 Å². The van der Waals surface area contributed by atoms with Gasteiger partial charge in [0.1, 0.15) is 0 Å². The summed E-state index contributed by atoms with van der Waals surface area (Å²) in [6.07, 6.45) is 3.52. The lowest BCUT2D eigenvalue weighted by atomic mass is 9.87. The first-order chi connectivity index (χ1) is 10.5. The van der Waals surface area contributed by atoms with E-state index in [1.165, 1.54) is 12.4 Å². The largest absolute Gasteiger partial charge is 0.375 e. The molecule has 0 radical (unpaired) electrons. The molecule has 1 aliphatic rings. The maximum absolute atomic E-state index is 12.3. The van der Waals surface area contributed by atoms with E-state index < -0.39 is 11.5 Å². The zero-order valence-electron chi connectivity index (χ0n) is 12.2. The first-order valence-electron chi connectivity index (χ1n) is 7.15. The highest BCUT2D eigenvalue weighted by Crippen LogP contribution is 2.39. The molecule has 5 nitrogen and oxygen atoms in total. The smallest absolute Gasteiger partial charge is 0.261 e. The van der Waals surface area contributed by atoms with Crippen LogP contribution in [0, 0.1) is 0 Å². The number of fused-ring (bicyclic) bond motifs is 1. The molecule has 112 valence electrons. The van der Waals surface area contributed by atoms with Crippen molar-refractivity contribution in [2.75, 3.05) is 5.32 Å². The van der Waals surface area contributed by atoms with E-state index in [2.05, 4.69) is 10.3 Å². The minimum Gasteiger partial charge on any atom is -0.375 e. The van der Waals surface area contributed by atoms with Gasteiger partial charge in [-0.15, -0.1) is 0 Å². The molecule has 1 aromatic heterocycles. The highest BCUT2D eigenvalue weighted by molar-refractivity contribution is 6.09. The molecule has 0 unspecified atom stereocenters. The Kier molecular flexibility index (Phi) is 3.50. The summed E-state index contributed by atoms with van der Waals surface area (Å²) in [4.78, 5) is 28.4. The molecule has 0 saturated heterocycles. The molecule has 0 saturated carbocycles. The molecule has 0 aliphatic carbocycles. The van der Waals surface area contributed by atoms with Crippen molar-refractivity contribution < 1.29 is 14.7 Å². The Morgan fingerprint density at radius 2 is 2.00 bits per heavy atom. The summed E-state index contributed by atoms with van der Waals surface area (Å²) in [7, 11) is 0. The predicted molar refractivity (Wildman–Crippen MR) is 81.5 cm³/mol. The lowest BCUT2D eigenvalue weighted by Crippen LogP contribution is -2.36. The van der Waals surface area contributed by atoms with Gasteiger partial charge in [0, 0.05) is 29.2 Å². The van der Waals surface area contributed by atoms with Crippen LogP contribution in [0.2, 0.25) is 0 Å². The lowest BCUT2D eigenvalue weighted by molar-refractivity contribution is -0.133. The van der Waals surface area contributed by atoms with Crippen LogP contribution in [0.3, 0.4) is 0 Å². The highest BCUT2D eigenvalue weighted by Gasteiger charge is 2.46. The Hall–Kier alpha value is -2.53. The van der Waals surface area contributed by atoms with Crippen LogP contribution in [0.4, 0.5) is 5.69 Å². The van der Waals surface area contributed by atoms with Crippen molar-refractivity contribution in [2.45, 2.75) is 25.4 Å². The topological polar surface area (TPSA) is 79.3 Å². The number of benzene rings is 1. The molecule has 0 fully saturated rings. The molecule has 0 spiro atoms. The molecule has 5 heteroatoms. The molecular formula is C17H16N2O3. The van der Waals surface area contributed by atoms with Crippen molar-refractivity contribution in [3.8, 4) is 0 Å². The zero-order chi connectivity index (χ0) is 15.7. The number of hydrogen-bond acceptors (Lipinski definition) is 4. The van der Waals surface area contributed by atoms with E-state index in [4.69, 9.17) is 0 Å². The predicted octanol–water partition coefficient (Wildman–Crippen LogP) is 2.06. The summed E-state index contributed by atoms with van der Waals surface area (Å²) in [6, 6.07) is 8.59. The van der Waals surface area contributed by atoms with Gasteiger partial charge in [0.25, 0.3) is 5.91 Å². The Bertz CT molecular complexity index is 743. The Balaban J connectivity index is 1.96. The van der Waals surface area contributed by atoms with E-state index in [1.807, 2.05) is 13.0 Å². The average molecular weight is 296 g/mol. The average Bonchev–Trinajstić information content (AvgIpc) is 2.79. The molecule has 1 atom stereocenters. The number of anilines is 1. The number of rotatable bonds is 4. The van der Waals surface area contributed by atoms with Crippen LogP contribution in [0.25, 0.3) is 0 Å². The fourth-order valence-corrected chi connectivity index (χ4v) is 2.66. The summed E-state index contributed by atoms with van der Waals surface area (Å²) in [5, 5.41) is 13.5. The Morgan fingerprint density at radius 1 is 1.27 bits per heavy atom. The van der Waals surface area contributed by atoms with E-state index in [0.29, 0.717) is 16.8 Å². The third-order valence-corrected chi connectivity index (χ3v) is 3.98. The monoisotopic (exact) mass is 296 g/mol. The van der Waals surface area contributed by atoms with Gasteiger partial charge in [-0.1, -0.05) is 19.1 Å². The SMILES string of the molecule is CCc1ccc2c(c1)[C@@](O)(CC(=O)c1ccncc1)C(=O)N2. The van der Waals surface area contributed by atoms with Gasteiger partial charge in [-0.25, -0.2) is 0 Å². The number of carbonyl (C=O) groups excluding carboxylic acids is 2. The van der Waals surface area contributed by atoms with Crippen LogP contribution in [-0.2, 0) is 16.8 Å². The van der Waals surface area contributed by atoms with E-state index in [-0.39, 0.29) is 12.2 Å². The van der Waals surface area contributed by atoms with Crippen molar-refractivity contribution in [3.05, 3.63) is 59.4 Å². The minimum absolute atomic E-state index is 0.289. The number of Topliss-reactive ketones (excluding diaryl/α,β-unsaturated/α-hetero) is 1. The third-order valence-electron chi connectivity index (χ3n) is 3.98. The first kappa shape index (κ1) is 14.4. The summed E-state index contributed by atoms with van der Waals surface area (Å²) in [5.41, 5.74) is 0.647. The summed E-state index contributed by atoms with van der Waals surface area (Å²) < 4.78 is 0. The van der Waals surface area contributed by atoms with Gasteiger partial charge in [-0.05, 0) is 30.2 Å². The van der Waals surface area contributed by atoms with Crippen LogP contribution in [0.5, 0.6) is 0 Å². The Morgan fingerprint density at radius 3 is 2.68 bits per heavy atom. The number of ketones is 1. The van der Waals surface area contributed by atoms with Crippen LogP contribution in [-0.4, -0.2) is 21.8 Å². The van der Waals surface area contributed by atoms with E-state index in [1.54, 1.807) is 24.3 Å². The van der Waals surface area contributed by atoms with Gasteiger partial charge in [-0.2, -0.15) is 0 Å². The second-order valence-electron chi connectivity index (χ2n) is 5.38. The van der Waals surface area contributed by atoms with Crippen LogP contribution in [0.15, 0.2) is 42.7 Å². The minimum atomic E-state index is -1.82. The van der Waals surface area contributed by atoms with Crippen molar-refractivity contribution in [1.82, 2.24) is 4.98 Å². The summed E-state index contributed by atoms with van der Waals surface area (Å²) in [6.45, 7) is 1.99. The maximum Gasteiger partial charge on any atom is 0.261 e. The van der Waals surface area contributed by atoms with E-state index in [0.717, 1.165) is 12.0 Å². The first-order valence-corrected chi connectivity index (χ1v) is 7.15. The molecule has 1 aromatic carbocycles. The molecule has 3 rings (SSSR count). The number of nitrogens with zero attached hydrogens (tertiary/aromatic N) is 1. The van der Waals surface area contributed by atoms with Crippen molar-refractivity contribution in [2.24, 2.45) is 0 Å². The number of aliphatic hydroxyl groups is 1. The number of pyridine rings is 1. The van der Waals surface area contributed by atoms with Crippen LogP contribution < -0.4 is 5.32 Å². The van der Waals surface area contributed by atoms with Gasteiger partial charge >= 0.3 is 0 Å². The van der Waals surface area contributed by atoms with Crippen LogP contribution >= 0.6 is 0 Å². The number of amides is 1. The number of aromatic nitrogens is 1. The molecule has 1 amide bonds. The molecule has 0 bridgehead atoms. The molecule has 2 aromatic rings. The van der Waals surface area contributed by atoms with Gasteiger partial charge < -0.3 is 10.4 Å². The fourth-order valence-electron chi connectivity index (χ4n) is 2.66. The molecule has 2 N–H and O–H groups in total. The van der Waals surface area contributed by atoms with Crippen molar-refractivity contribution in [1.29, 1.82) is 0 Å². The molecule has 1 aliphatic heterocycles. The quantitative estimate of drug-likeness (QED) is 0.846. The zero-order valence-corrected chi connectivity index (χ0v) is 12.2. The standard InChI is InChI=1S/C17H16N2O3/c1-2-11-3-4-14-13(9-11)17(22,16(21)19-14)10-15(20)12-5-7-18-8-6-12/h3-9,22H,2,10H2,1H3,(H,19,21)/t17-/m0/s1. The number of hydrogen-bond donors (Lipinski definition) is 2. The second-order valence-corrected chi connectivity index (χ2v) is 5.38. The van der Waals surface area contributed by atoms with Crippen LogP contribution in [0.1, 0.15) is 34.8 Å². The second kappa shape index (κ2) is 5.35. The van der Waals surface area contributed by atoms with Gasteiger partial charge in [0.05, 0.1) is 6.42 Å². The van der Waals surface area contributed by atoms with Gasteiger partial charge in [0.2, 0.25) is 0 Å². The maximum atomic E-state index is 12.3. The number of carbonyl (C=O) groups is 2. The van der Waals surface area contributed by atoms with Crippen molar-refractivity contribution in [3.63, 3.8) is 0 Å². The lowest BCUT2D eigenvalue weighted by Gasteiger charge is -2.20.